The summed E-state index contributed by atoms with van der Waals surface area (Å²) in [5.74, 6) is -0.148. The zero-order valence-corrected chi connectivity index (χ0v) is 11.1. The first kappa shape index (κ1) is 12.9. The van der Waals surface area contributed by atoms with Gasteiger partial charge in [0.05, 0.1) is 7.11 Å². The van der Waals surface area contributed by atoms with Gasteiger partial charge in [-0.3, -0.25) is 4.98 Å². The predicted octanol–water partition coefficient (Wildman–Crippen LogP) is 2.47. The minimum atomic E-state index is -1.04. The lowest BCUT2D eigenvalue weighted by Crippen LogP contribution is -2.07. The van der Waals surface area contributed by atoms with Crippen LogP contribution in [0.3, 0.4) is 0 Å². The van der Waals surface area contributed by atoms with Gasteiger partial charge in [-0.2, -0.15) is 0 Å². The van der Waals surface area contributed by atoms with E-state index in [-0.39, 0.29) is 17.4 Å². The van der Waals surface area contributed by atoms with Crippen molar-refractivity contribution in [2.24, 2.45) is 0 Å². The van der Waals surface area contributed by atoms with E-state index in [4.69, 9.17) is 4.74 Å². The largest absolute Gasteiger partial charge is 0.480 e. The quantitative estimate of drug-likeness (QED) is 0.946. The zero-order valence-electron chi connectivity index (χ0n) is 9.47. The van der Waals surface area contributed by atoms with E-state index in [2.05, 4.69) is 25.9 Å². The number of halogens is 2. The minimum Gasteiger partial charge on any atom is -0.480 e. The van der Waals surface area contributed by atoms with E-state index < -0.39 is 6.10 Å². The molecule has 0 amide bonds. The standard InChI is InChI=1S/C12H10BrFN2O2/c1-18-12-10(15-4-5-16-12)11(17)8-3-2-7(14)6-9(8)13/h2-6,11,17H,1H3. The lowest BCUT2D eigenvalue weighted by Gasteiger charge is -2.14. The van der Waals surface area contributed by atoms with Gasteiger partial charge in [-0.15, -0.1) is 0 Å². The Morgan fingerprint density at radius 3 is 2.72 bits per heavy atom. The molecule has 1 unspecified atom stereocenters. The maximum Gasteiger partial charge on any atom is 0.238 e. The molecule has 0 saturated heterocycles. The monoisotopic (exact) mass is 312 g/mol. The average molecular weight is 313 g/mol. The molecule has 1 heterocycles. The Kier molecular flexibility index (Phi) is 3.88. The van der Waals surface area contributed by atoms with E-state index in [1.165, 1.54) is 37.7 Å². The van der Waals surface area contributed by atoms with Gasteiger partial charge in [0, 0.05) is 22.4 Å². The Bertz CT molecular complexity index is 566. The molecule has 1 N–H and O–H groups in total. The first-order chi connectivity index (χ1) is 8.63. The van der Waals surface area contributed by atoms with Crippen LogP contribution < -0.4 is 4.74 Å². The molecule has 0 aliphatic carbocycles. The van der Waals surface area contributed by atoms with Gasteiger partial charge < -0.3 is 9.84 Å². The van der Waals surface area contributed by atoms with Gasteiger partial charge in [-0.1, -0.05) is 22.0 Å². The van der Waals surface area contributed by atoms with Crippen molar-refractivity contribution in [1.29, 1.82) is 0 Å². The van der Waals surface area contributed by atoms with E-state index in [9.17, 15) is 9.50 Å². The van der Waals surface area contributed by atoms with E-state index in [1.807, 2.05) is 0 Å². The van der Waals surface area contributed by atoms with Crippen LogP contribution in [0.15, 0.2) is 35.1 Å². The van der Waals surface area contributed by atoms with Crippen molar-refractivity contribution >= 4 is 15.9 Å². The number of methoxy groups -OCH3 is 1. The molecular weight excluding hydrogens is 303 g/mol. The van der Waals surface area contributed by atoms with Crippen LogP contribution in [-0.2, 0) is 0 Å². The maximum absolute atomic E-state index is 13.0. The lowest BCUT2D eigenvalue weighted by atomic mass is 10.1. The molecule has 0 spiro atoms. The highest BCUT2D eigenvalue weighted by molar-refractivity contribution is 9.10. The second-order valence-corrected chi connectivity index (χ2v) is 4.37. The summed E-state index contributed by atoms with van der Waals surface area (Å²) in [6.07, 6.45) is 1.89. The molecule has 0 bridgehead atoms. The molecule has 0 saturated carbocycles. The molecule has 94 valence electrons. The molecule has 0 fully saturated rings. The molecule has 1 aromatic heterocycles. The Morgan fingerprint density at radius 2 is 2.06 bits per heavy atom. The fourth-order valence-corrected chi connectivity index (χ4v) is 2.12. The van der Waals surface area contributed by atoms with Crippen LogP contribution in [0.2, 0.25) is 0 Å². The first-order valence-corrected chi connectivity index (χ1v) is 5.90. The summed E-state index contributed by atoms with van der Waals surface area (Å²) in [5, 5.41) is 10.2. The Labute approximate surface area is 112 Å². The normalized spacial score (nSPS) is 12.2. The summed E-state index contributed by atoms with van der Waals surface area (Å²) < 4.78 is 18.5. The third-order valence-electron chi connectivity index (χ3n) is 2.40. The minimum absolute atomic E-state index is 0.237. The summed E-state index contributed by atoms with van der Waals surface area (Å²) in [6, 6.07) is 4.03. The number of hydrogen-bond acceptors (Lipinski definition) is 4. The van der Waals surface area contributed by atoms with Crippen molar-refractivity contribution in [3.63, 3.8) is 0 Å². The fourth-order valence-electron chi connectivity index (χ4n) is 1.55. The first-order valence-electron chi connectivity index (χ1n) is 5.11. The Morgan fingerprint density at radius 1 is 1.33 bits per heavy atom. The molecule has 18 heavy (non-hydrogen) atoms. The highest BCUT2D eigenvalue weighted by atomic mass is 79.9. The predicted molar refractivity (Wildman–Crippen MR) is 66.7 cm³/mol. The number of hydrogen-bond donors (Lipinski definition) is 1. The number of ether oxygens (including phenoxy) is 1. The van der Waals surface area contributed by atoms with E-state index in [0.717, 1.165) is 0 Å². The fraction of sp³-hybridized carbons (Fsp3) is 0.167. The average Bonchev–Trinajstić information content (AvgIpc) is 2.38. The zero-order chi connectivity index (χ0) is 13.1. The molecule has 2 aromatic rings. The second kappa shape index (κ2) is 5.41. The maximum atomic E-state index is 13.0. The topological polar surface area (TPSA) is 55.2 Å². The van der Waals surface area contributed by atoms with Crippen LogP contribution in [0.1, 0.15) is 17.4 Å². The second-order valence-electron chi connectivity index (χ2n) is 3.52. The van der Waals surface area contributed by atoms with Crippen LogP contribution in [0.4, 0.5) is 4.39 Å². The Balaban J connectivity index is 2.44. The molecule has 2 rings (SSSR count). The van der Waals surface area contributed by atoms with Crippen molar-refractivity contribution < 1.29 is 14.2 Å². The summed E-state index contributed by atoms with van der Waals surface area (Å²) >= 11 is 3.20. The van der Waals surface area contributed by atoms with Crippen LogP contribution in [-0.4, -0.2) is 22.2 Å². The number of benzene rings is 1. The van der Waals surface area contributed by atoms with E-state index in [0.29, 0.717) is 10.0 Å². The molecular formula is C12H10BrFN2O2. The van der Waals surface area contributed by atoms with Crippen LogP contribution in [0, 0.1) is 5.82 Å². The van der Waals surface area contributed by atoms with Crippen molar-refractivity contribution in [1.82, 2.24) is 9.97 Å². The molecule has 6 heteroatoms. The van der Waals surface area contributed by atoms with Gasteiger partial charge in [0.1, 0.15) is 17.6 Å². The van der Waals surface area contributed by atoms with E-state index >= 15 is 0 Å². The smallest absolute Gasteiger partial charge is 0.238 e. The number of aromatic nitrogens is 2. The van der Waals surface area contributed by atoms with E-state index in [1.54, 1.807) is 0 Å². The van der Waals surface area contributed by atoms with Crippen molar-refractivity contribution in [3.05, 3.63) is 52.1 Å². The number of rotatable bonds is 3. The molecule has 0 aliphatic rings. The highest BCUT2D eigenvalue weighted by Crippen LogP contribution is 2.31. The lowest BCUT2D eigenvalue weighted by molar-refractivity contribution is 0.207. The summed E-state index contributed by atoms with van der Waals surface area (Å²) in [5.41, 5.74) is 0.780. The molecule has 1 atom stereocenters. The van der Waals surface area contributed by atoms with Crippen LogP contribution in [0.5, 0.6) is 5.88 Å². The van der Waals surface area contributed by atoms with Crippen molar-refractivity contribution in [2.75, 3.05) is 7.11 Å². The van der Waals surface area contributed by atoms with Gasteiger partial charge in [-0.05, 0) is 12.1 Å². The van der Waals surface area contributed by atoms with Gasteiger partial charge >= 0.3 is 0 Å². The highest BCUT2D eigenvalue weighted by Gasteiger charge is 2.20. The number of aliphatic hydroxyl groups excluding tert-OH is 1. The molecule has 4 nitrogen and oxygen atoms in total. The number of aliphatic hydroxyl groups is 1. The SMILES string of the molecule is COc1nccnc1C(O)c1ccc(F)cc1Br. The third kappa shape index (κ3) is 2.49. The molecule has 0 aliphatic heterocycles. The van der Waals surface area contributed by atoms with Crippen molar-refractivity contribution in [2.45, 2.75) is 6.10 Å². The third-order valence-corrected chi connectivity index (χ3v) is 3.09. The van der Waals surface area contributed by atoms with Gasteiger partial charge in [-0.25, -0.2) is 9.37 Å². The van der Waals surface area contributed by atoms with Crippen molar-refractivity contribution in [3.8, 4) is 5.88 Å². The molecule has 1 aromatic carbocycles. The summed E-state index contributed by atoms with van der Waals surface area (Å²) in [7, 11) is 1.44. The van der Waals surface area contributed by atoms with Gasteiger partial charge in [0.2, 0.25) is 5.88 Å². The van der Waals surface area contributed by atoms with Crippen LogP contribution >= 0.6 is 15.9 Å². The van der Waals surface area contributed by atoms with Gasteiger partial charge in [0.25, 0.3) is 0 Å². The summed E-state index contributed by atoms with van der Waals surface area (Å²) in [4.78, 5) is 7.99. The Hall–Kier alpha value is -1.53. The molecule has 0 radical (unpaired) electrons. The van der Waals surface area contributed by atoms with Gasteiger partial charge in [0.15, 0.2) is 0 Å². The number of nitrogens with zero attached hydrogens (tertiary/aromatic N) is 2. The van der Waals surface area contributed by atoms with Crippen LogP contribution in [0.25, 0.3) is 0 Å². The summed E-state index contributed by atoms with van der Waals surface area (Å²) in [6.45, 7) is 0.